The Morgan fingerprint density at radius 1 is 1.35 bits per heavy atom. The van der Waals surface area contributed by atoms with E-state index < -0.39 is 34.8 Å². The number of nitrogens with zero attached hydrogens (tertiary/aromatic N) is 2. The number of carbonyl (C=O) groups is 2. The average Bonchev–Trinajstić information content (AvgIpc) is 2.50. The zero-order valence-electron chi connectivity index (χ0n) is 13.0. The molecule has 1 aliphatic rings. The third kappa shape index (κ3) is 2.94. The van der Waals surface area contributed by atoms with Crippen molar-refractivity contribution in [2.24, 2.45) is 5.92 Å². The fourth-order valence-electron chi connectivity index (χ4n) is 2.75. The Labute approximate surface area is 132 Å². The van der Waals surface area contributed by atoms with Crippen LogP contribution < -0.4 is 5.43 Å². The van der Waals surface area contributed by atoms with Crippen molar-refractivity contribution in [3.05, 3.63) is 27.7 Å². The lowest BCUT2D eigenvalue weighted by Crippen LogP contribution is -2.50. The van der Waals surface area contributed by atoms with Crippen LogP contribution >= 0.6 is 0 Å². The van der Waals surface area contributed by atoms with E-state index in [4.69, 9.17) is 5.11 Å². The third-order valence-electron chi connectivity index (χ3n) is 4.28. The molecular weight excluding hydrogens is 304 g/mol. The zero-order valence-corrected chi connectivity index (χ0v) is 13.0. The molecule has 0 aliphatic carbocycles. The summed E-state index contributed by atoms with van der Waals surface area (Å²) in [5.41, 5.74) is -2.02. The molecule has 1 amide bonds. The summed E-state index contributed by atoms with van der Waals surface area (Å²) in [6.45, 7) is 4.16. The molecule has 3 N–H and O–H groups in total. The summed E-state index contributed by atoms with van der Waals surface area (Å²) in [7, 11) is 0. The molecule has 0 fully saturated rings. The summed E-state index contributed by atoms with van der Waals surface area (Å²) < 4.78 is 1.12. The molecule has 1 unspecified atom stereocenters. The maximum Gasteiger partial charge on any atom is 0.341 e. The Balaban J connectivity index is 2.48. The summed E-state index contributed by atoms with van der Waals surface area (Å²) in [6, 6.07) is 0. The van der Waals surface area contributed by atoms with Gasteiger partial charge in [-0.05, 0) is 5.92 Å². The van der Waals surface area contributed by atoms with Gasteiger partial charge in [0.25, 0.3) is 5.91 Å². The number of aromatic carboxylic acids is 1. The Morgan fingerprint density at radius 2 is 1.96 bits per heavy atom. The molecule has 126 valence electrons. The van der Waals surface area contributed by atoms with Crippen molar-refractivity contribution in [2.75, 3.05) is 6.54 Å². The summed E-state index contributed by atoms with van der Waals surface area (Å²) in [6.07, 6.45) is 1.49. The van der Waals surface area contributed by atoms with Gasteiger partial charge in [0.1, 0.15) is 11.8 Å². The predicted molar refractivity (Wildman–Crippen MR) is 80.4 cm³/mol. The van der Waals surface area contributed by atoms with E-state index >= 15 is 0 Å². The lowest BCUT2D eigenvalue weighted by atomic mass is 10.0. The Kier molecular flexibility index (Phi) is 4.74. The van der Waals surface area contributed by atoms with Gasteiger partial charge in [0.05, 0.1) is 6.54 Å². The fraction of sp³-hybridized carbons (Fsp3) is 0.533. The van der Waals surface area contributed by atoms with Crippen molar-refractivity contribution < 1.29 is 24.9 Å². The first kappa shape index (κ1) is 17.0. The van der Waals surface area contributed by atoms with E-state index in [9.17, 15) is 24.6 Å². The van der Waals surface area contributed by atoms with E-state index in [1.54, 1.807) is 0 Å². The molecule has 0 saturated heterocycles. The second-order valence-corrected chi connectivity index (χ2v) is 5.65. The van der Waals surface area contributed by atoms with Gasteiger partial charge in [0.15, 0.2) is 11.4 Å². The number of aromatic hydroxyl groups is 1. The molecule has 0 saturated carbocycles. The monoisotopic (exact) mass is 324 g/mol. The molecule has 1 aromatic heterocycles. The highest BCUT2D eigenvalue weighted by Crippen LogP contribution is 2.24. The number of aliphatic hydroxyl groups excluding tert-OH is 1. The number of hydrogen-bond donors (Lipinski definition) is 3. The smallest absolute Gasteiger partial charge is 0.341 e. The van der Waals surface area contributed by atoms with Gasteiger partial charge >= 0.3 is 5.97 Å². The first-order valence-electron chi connectivity index (χ1n) is 7.50. The standard InChI is InChI=1S/C15H20N2O6/c1-3-8(4-2)5-17-10(18)7-16-6-9(15(22)23)12(19)13(20)11(16)14(17)21/h6,8,10,18,20H,3-5,7H2,1-2H3,(H,22,23). The third-order valence-corrected chi connectivity index (χ3v) is 4.28. The van der Waals surface area contributed by atoms with Crippen LogP contribution in [0.15, 0.2) is 11.0 Å². The predicted octanol–water partition coefficient (Wildman–Crippen LogP) is 0.463. The van der Waals surface area contributed by atoms with Crippen molar-refractivity contribution in [1.82, 2.24) is 9.47 Å². The van der Waals surface area contributed by atoms with Crippen LogP contribution in [0, 0.1) is 5.92 Å². The molecule has 0 radical (unpaired) electrons. The number of carboxylic acids is 1. The van der Waals surface area contributed by atoms with Gasteiger partial charge in [0.2, 0.25) is 5.43 Å². The van der Waals surface area contributed by atoms with E-state index in [2.05, 4.69) is 0 Å². The number of amides is 1. The Morgan fingerprint density at radius 3 is 2.48 bits per heavy atom. The lowest BCUT2D eigenvalue weighted by molar-refractivity contribution is -0.0191. The van der Waals surface area contributed by atoms with Crippen LogP contribution in [0.4, 0.5) is 0 Å². The van der Waals surface area contributed by atoms with Gasteiger partial charge in [-0.25, -0.2) is 4.79 Å². The number of pyridine rings is 1. The minimum atomic E-state index is -1.50. The number of aromatic nitrogens is 1. The van der Waals surface area contributed by atoms with Gasteiger partial charge in [-0.3, -0.25) is 9.59 Å². The highest BCUT2D eigenvalue weighted by molar-refractivity contribution is 5.97. The van der Waals surface area contributed by atoms with Crippen molar-refractivity contribution in [1.29, 1.82) is 0 Å². The number of aliphatic hydroxyl groups is 1. The summed E-state index contributed by atoms with van der Waals surface area (Å²) in [4.78, 5) is 36.7. The largest absolute Gasteiger partial charge is 0.503 e. The number of hydrogen-bond acceptors (Lipinski definition) is 5. The van der Waals surface area contributed by atoms with Crippen LogP contribution in [-0.2, 0) is 6.54 Å². The molecule has 1 atom stereocenters. The highest BCUT2D eigenvalue weighted by Gasteiger charge is 2.36. The Bertz CT molecular complexity index is 692. The lowest BCUT2D eigenvalue weighted by Gasteiger charge is -2.36. The van der Waals surface area contributed by atoms with Crippen LogP contribution in [0.1, 0.15) is 47.5 Å². The maximum absolute atomic E-state index is 12.5. The fourth-order valence-corrected chi connectivity index (χ4v) is 2.75. The summed E-state index contributed by atoms with van der Waals surface area (Å²) in [5.74, 6) is -2.88. The van der Waals surface area contributed by atoms with Crippen LogP contribution in [0.5, 0.6) is 5.75 Å². The first-order chi connectivity index (χ1) is 10.8. The van der Waals surface area contributed by atoms with Gasteiger partial charge in [0, 0.05) is 12.7 Å². The molecule has 0 spiro atoms. The van der Waals surface area contributed by atoms with Crippen molar-refractivity contribution in [3.63, 3.8) is 0 Å². The van der Waals surface area contributed by atoms with E-state index in [1.165, 1.54) is 4.90 Å². The highest BCUT2D eigenvalue weighted by atomic mass is 16.4. The SMILES string of the molecule is CCC(CC)CN1C(=O)c2c(O)c(=O)c(C(=O)O)cn2CC1O. The van der Waals surface area contributed by atoms with E-state index in [0.29, 0.717) is 6.54 Å². The van der Waals surface area contributed by atoms with Gasteiger partial charge in [-0.15, -0.1) is 0 Å². The molecule has 23 heavy (non-hydrogen) atoms. The van der Waals surface area contributed by atoms with E-state index in [1.807, 2.05) is 13.8 Å². The molecule has 2 rings (SSSR count). The Hall–Kier alpha value is -2.35. The second-order valence-electron chi connectivity index (χ2n) is 5.65. The van der Waals surface area contributed by atoms with Crippen molar-refractivity contribution in [2.45, 2.75) is 39.5 Å². The van der Waals surface area contributed by atoms with Crippen molar-refractivity contribution in [3.8, 4) is 5.75 Å². The first-order valence-corrected chi connectivity index (χ1v) is 7.50. The molecule has 0 bridgehead atoms. The maximum atomic E-state index is 12.5. The number of rotatable bonds is 5. The van der Waals surface area contributed by atoms with Gasteiger partial charge < -0.3 is 24.8 Å². The zero-order chi connectivity index (χ0) is 17.3. The molecular formula is C15H20N2O6. The van der Waals surface area contributed by atoms with Crippen LogP contribution in [0.3, 0.4) is 0 Å². The molecule has 1 aliphatic heterocycles. The molecule has 8 heteroatoms. The second kappa shape index (κ2) is 6.41. The minimum absolute atomic E-state index is 0.102. The summed E-state index contributed by atoms with van der Waals surface area (Å²) >= 11 is 0. The van der Waals surface area contributed by atoms with Crippen LogP contribution in [0.2, 0.25) is 0 Å². The number of carbonyl (C=O) groups excluding carboxylic acids is 1. The van der Waals surface area contributed by atoms with Gasteiger partial charge in [-0.2, -0.15) is 0 Å². The van der Waals surface area contributed by atoms with Crippen LogP contribution in [-0.4, -0.2) is 49.4 Å². The summed E-state index contributed by atoms with van der Waals surface area (Å²) in [5, 5.41) is 29.1. The average molecular weight is 324 g/mol. The normalized spacial score (nSPS) is 17.5. The van der Waals surface area contributed by atoms with Crippen molar-refractivity contribution >= 4 is 11.9 Å². The van der Waals surface area contributed by atoms with E-state index in [0.717, 1.165) is 23.6 Å². The van der Waals surface area contributed by atoms with E-state index in [-0.39, 0.29) is 18.2 Å². The molecule has 2 heterocycles. The van der Waals surface area contributed by atoms with Gasteiger partial charge in [-0.1, -0.05) is 26.7 Å². The quantitative estimate of drug-likeness (QED) is 0.724. The number of fused-ring (bicyclic) bond motifs is 1. The topological polar surface area (TPSA) is 120 Å². The molecule has 0 aromatic carbocycles. The minimum Gasteiger partial charge on any atom is -0.503 e. The molecule has 1 aromatic rings. The van der Waals surface area contributed by atoms with Crippen LogP contribution in [0.25, 0.3) is 0 Å². The number of carboxylic acid groups (broad SMARTS) is 1. The molecule has 8 nitrogen and oxygen atoms in total.